The van der Waals surface area contributed by atoms with Crippen molar-refractivity contribution in [2.75, 3.05) is 4.90 Å². The molecular formula is C25H24N2O2. The van der Waals surface area contributed by atoms with Crippen LogP contribution in [-0.2, 0) is 11.3 Å². The average Bonchev–Trinajstić information content (AvgIpc) is 3.16. The molecule has 29 heavy (non-hydrogen) atoms. The van der Waals surface area contributed by atoms with Gasteiger partial charge in [-0.1, -0.05) is 56.3 Å². The topological polar surface area (TPSA) is 46.3 Å². The summed E-state index contributed by atoms with van der Waals surface area (Å²) in [6.07, 6.45) is 0. The van der Waals surface area contributed by atoms with Crippen LogP contribution >= 0.6 is 0 Å². The number of oxazole rings is 1. The Hall–Kier alpha value is -3.40. The van der Waals surface area contributed by atoms with Gasteiger partial charge in [0.05, 0.1) is 6.54 Å². The van der Waals surface area contributed by atoms with E-state index in [1.165, 1.54) is 5.56 Å². The first-order valence-electron chi connectivity index (χ1n) is 9.84. The fourth-order valence-electron chi connectivity index (χ4n) is 3.36. The molecule has 0 bridgehead atoms. The van der Waals surface area contributed by atoms with E-state index >= 15 is 0 Å². The molecule has 0 saturated heterocycles. The Morgan fingerprint density at radius 3 is 2.38 bits per heavy atom. The monoisotopic (exact) mass is 384 g/mol. The van der Waals surface area contributed by atoms with Gasteiger partial charge in [0.1, 0.15) is 5.52 Å². The van der Waals surface area contributed by atoms with Crippen molar-refractivity contribution in [3.8, 4) is 11.5 Å². The van der Waals surface area contributed by atoms with E-state index in [0.29, 0.717) is 23.9 Å². The molecule has 4 nitrogen and oxygen atoms in total. The molecule has 0 radical (unpaired) electrons. The average molecular weight is 384 g/mol. The lowest BCUT2D eigenvalue weighted by Crippen LogP contribution is -2.27. The number of carbonyl (C=O) groups excluding carboxylic acids is 1. The van der Waals surface area contributed by atoms with Gasteiger partial charge in [0.15, 0.2) is 5.58 Å². The van der Waals surface area contributed by atoms with E-state index in [9.17, 15) is 4.79 Å². The van der Waals surface area contributed by atoms with Crippen molar-refractivity contribution < 1.29 is 9.21 Å². The number of carbonyl (C=O) groups is 1. The van der Waals surface area contributed by atoms with E-state index in [1.807, 2.05) is 48.5 Å². The van der Waals surface area contributed by atoms with Crippen molar-refractivity contribution in [2.24, 2.45) is 0 Å². The van der Waals surface area contributed by atoms with Gasteiger partial charge in [-0.15, -0.1) is 0 Å². The molecule has 0 saturated carbocycles. The summed E-state index contributed by atoms with van der Waals surface area (Å²) in [6, 6.07) is 23.9. The lowest BCUT2D eigenvalue weighted by atomic mass is 10.0. The van der Waals surface area contributed by atoms with Crippen molar-refractivity contribution in [1.29, 1.82) is 0 Å². The summed E-state index contributed by atoms with van der Waals surface area (Å²) in [5.74, 6) is 1.06. The van der Waals surface area contributed by atoms with E-state index in [1.54, 1.807) is 11.8 Å². The Bertz CT molecular complexity index is 1130. The number of fused-ring (bicyclic) bond motifs is 1. The molecule has 1 heterocycles. The smallest absolute Gasteiger partial charge is 0.227 e. The number of anilines is 1. The van der Waals surface area contributed by atoms with Crippen LogP contribution in [0.2, 0.25) is 0 Å². The Balaban J connectivity index is 1.64. The van der Waals surface area contributed by atoms with Crippen LogP contribution in [0.5, 0.6) is 0 Å². The zero-order chi connectivity index (χ0) is 20.4. The van der Waals surface area contributed by atoms with E-state index in [4.69, 9.17) is 4.42 Å². The van der Waals surface area contributed by atoms with Crippen LogP contribution < -0.4 is 4.90 Å². The molecular weight excluding hydrogens is 360 g/mol. The molecule has 0 aliphatic rings. The summed E-state index contributed by atoms with van der Waals surface area (Å²) in [5.41, 5.74) is 5.57. The van der Waals surface area contributed by atoms with E-state index in [0.717, 1.165) is 22.3 Å². The highest BCUT2D eigenvalue weighted by atomic mass is 16.3. The Kier molecular flexibility index (Phi) is 5.17. The molecule has 0 fully saturated rings. The Labute approximate surface area is 170 Å². The van der Waals surface area contributed by atoms with Crippen LogP contribution in [0.25, 0.3) is 22.6 Å². The van der Waals surface area contributed by atoms with Crippen LogP contribution in [0, 0.1) is 0 Å². The quantitative estimate of drug-likeness (QED) is 0.413. The molecule has 4 aromatic rings. The molecule has 146 valence electrons. The number of nitrogens with zero attached hydrogens (tertiary/aromatic N) is 2. The summed E-state index contributed by atoms with van der Waals surface area (Å²) in [7, 11) is 0. The summed E-state index contributed by atoms with van der Waals surface area (Å²) in [6.45, 7) is 6.45. The third-order valence-electron chi connectivity index (χ3n) is 5.07. The molecule has 0 atom stereocenters. The lowest BCUT2D eigenvalue weighted by molar-refractivity contribution is -0.116. The molecule has 1 amide bonds. The fourth-order valence-corrected chi connectivity index (χ4v) is 3.36. The summed E-state index contributed by atoms with van der Waals surface area (Å²) >= 11 is 0. The summed E-state index contributed by atoms with van der Waals surface area (Å²) in [5, 5.41) is 0. The van der Waals surface area contributed by atoms with Crippen LogP contribution in [0.4, 0.5) is 5.69 Å². The number of amides is 1. The molecule has 0 unspecified atom stereocenters. The van der Waals surface area contributed by atoms with Crippen molar-refractivity contribution in [3.05, 3.63) is 83.9 Å². The predicted molar refractivity (Wildman–Crippen MR) is 117 cm³/mol. The molecule has 0 aliphatic heterocycles. The van der Waals surface area contributed by atoms with Crippen LogP contribution in [0.15, 0.2) is 77.2 Å². The van der Waals surface area contributed by atoms with Crippen LogP contribution in [0.1, 0.15) is 37.8 Å². The van der Waals surface area contributed by atoms with Gasteiger partial charge >= 0.3 is 0 Å². The van der Waals surface area contributed by atoms with Gasteiger partial charge in [-0.2, -0.15) is 0 Å². The van der Waals surface area contributed by atoms with Crippen molar-refractivity contribution in [1.82, 2.24) is 4.98 Å². The van der Waals surface area contributed by atoms with Gasteiger partial charge in [0, 0.05) is 18.2 Å². The number of aromatic nitrogens is 1. The first kappa shape index (κ1) is 18.9. The number of benzene rings is 3. The maximum atomic E-state index is 12.4. The van der Waals surface area contributed by atoms with E-state index in [2.05, 4.69) is 43.1 Å². The van der Waals surface area contributed by atoms with Crippen LogP contribution in [-0.4, -0.2) is 10.9 Å². The molecule has 0 spiro atoms. The highest BCUT2D eigenvalue weighted by Crippen LogP contribution is 2.28. The molecule has 1 aromatic heterocycles. The zero-order valence-electron chi connectivity index (χ0n) is 16.9. The number of rotatable bonds is 5. The first-order valence-corrected chi connectivity index (χ1v) is 9.84. The van der Waals surface area contributed by atoms with Crippen molar-refractivity contribution >= 4 is 22.7 Å². The fraction of sp³-hybridized carbons (Fsp3) is 0.200. The first-order chi connectivity index (χ1) is 14.0. The maximum absolute atomic E-state index is 12.4. The third kappa shape index (κ3) is 4.06. The second kappa shape index (κ2) is 7.92. The highest BCUT2D eigenvalue weighted by Gasteiger charge is 2.15. The second-order valence-electron chi connectivity index (χ2n) is 7.54. The molecule has 3 aromatic carbocycles. The lowest BCUT2D eigenvalue weighted by Gasteiger charge is -2.21. The SMILES string of the molecule is CC(=O)N(Cc1ccc(C(C)C)cc1)c1ccc2oc(-c3ccccc3)nc2c1. The predicted octanol–water partition coefficient (Wildman–Crippen LogP) is 6.17. The van der Waals surface area contributed by atoms with Crippen LogP contribution in [0.3, 0.4) is 0 Å². The standard InChI is InChI=1S/C25H24N2O2/c1-17(2)20-11-9-19(10-12-20)16-27(18(3)28)22-13-14-24-23(15-22)26-25(29-24)21-7-5-4-6-8-21/h4-15,17H,16H2,1-3H3. The van der Waals surface area contributed by atoms with Gasteiger partial charge in [-0.3, -0.25) is 4.79 Å². The van der Waals surface area contributed by atoms with Gasteiger partial charge < -0.3 is 9.32 Å². The summed E-state index contributed by atoms with van der Waals surface area (Å²) < 4.78 is 5.89. The second-order valence-corrected chi connectivity index (χ2v) is 7.54. The Morgan fingerprint density at radius 2 is 1.72 bits per heavy atom. The molecule has 0 aliphatic carbocycles. The minimum Gasteiger partial charge on any atom is -0.436 e. The zero-order valence-corrected chi connectivity index (χ0v) is 16.9. The van der Waals surface area contributed by atoms with Crippen molar-refractivity contribution in [2.45, 2.75) is 33.2 Å². The third-order valence-corrected chi connectivity index (χ3v) is 5.07. The maximum Gasteiger partial charge on any atom is 0.227 e. The number of hydrogen-bond donors (Lipinski definition) is 0. The van der Waals surface area contributed by atoms with Gasteiger partial charge in [0.25, 0.3) is 0 Å². The molecule has 0 N–H and O–H groups in total. The van der Waals surface area contributed by atoms with Gasteiger partial charge in [0.2, 0.25) is 11.8 Å². The van der Waals surface area contributed by atoms with E-state index in [-0.39, 0.29) is 5.91 Å². The minimum atomic E-state index is -0.0101. The molecule has 4 heteroatoms. The highest BCUT2D eigenvalue weighted by molar-refractivity contribution is 5.93. The largest absolute Gasteiger partial charge is 0.436 e. The Morgan fingerprint density at radius 1 is 1.00 bits per heavy atom. The summed E-state index contributed by atoms with van der Waals surface area (Å²) in [4.78, 5) is 18.8. The van der Waals surface area contributed by atoms with Gasteiger partial charge in [-0.05, 0) is 47.4 Å². The minimum absolute atomic E-state index is 0.0101. The molecule has 4 rings (SSSR count). The number of hydrogen-bond acceptors (Lipinski definition) is 3. The van der Waals surface area contributed by atoms with Crippen molar-refractivity contribution in [3.63, 3.8) is 0 Å². The normalized spacial score (nSPS) is 11.2. The van der Waals surface area contributed by atoms with E-state index < -0.39 is 0 Å². The van der Waals surface area contributed by atoms with Gasteiger partial charge in [-0.25, -0.2) is 4.98 Å².